The van der Waals surface area contributed by atoms with E-state index in [1.807, 2.05) is 0 Å². The van der Waals surface area contributed by atoms with Crippen molar-refractivity contribution in [3.05, 3.63) is 65.4 Å². The molecule has 2 aliphatic rings. The summed E-state index contributed by atoms with van der Waals surface area (Å²) < 4.78 is 0. The summed E-state index contributed by atoms with van der Waals surface area (Å²) in [6.45, 7) is 8.43. The smallest absolute Gasteiger partial charge is 0.0124 e. The van der Waals surface area contributed by atoms with Crippen molar-refractivity contribution in [3.8, 4) is 0 Å². The van der Waals surface area contributed by atoms with Crippen molar-refractivity contribution in [1.29, 1.82) is 0 Å². The van der Waals surface area contributed by atoms with Crippen molar-refractivity contribution in [2.24, 2.45) is 5.73 Å². The number of fused-ring (bicyclic) bond motifs is 3. The third-order valence-electron chi connectivity index (χ3n) is 3.70. The van der Waals surface area contributed by atoms with Crippen LogP contribution < -0.4 is 5.73 Å². The Hall–Kier alpha value is -2.02. The molecule has 0 unspecified atom stereocenters. The number of nitrogens with two attached hydrogens (primary N) is 1. The second-order valence-electron chi connectivity index (χ2n) is 5.04. The zero-order valence-electron chi connectivity index (χ0n) is 10.5. The Morgan fingerprint density at radius 1 is 1.00 bits per heavy atom. The number of benzene rings is 1. The van der Waals surface area contributed by atoms with Crippen LogP contribution in [0, 0.1) is 0 Å². The van der Waals surface area contributed by atoms with E-state index in [4.69, 9.17) is 5.73 Å². The van der Waals surface area contributed by atoms with Crippen LogP contribution in [0.3, 0.4) is 0 Å². The molecule has 1 aromatic carbocycles. The first-order chi connectivity index (χ1) is 8.66. The van der Waals surface area contributed by atoms with E-state index in [1.54, 1.807) is 0 Å². The molecule has 0 fully saturated rings. The number of hydrogen-bond donors (Lipinski definition) is 1. The summed E-state index contributed by atoms with van der Waals surface area (Å²) in [7, 11) is 0. The third-order valence-corrected chi connectivity index (χ3v) is 3.70. The zero-order chi connectivity index (χ0) is 12.7. The van der Waals surface area contributed by atoms with E-state index >= 15 is 0 Å². The van der Waals surface area contributed by atoms with Crippen molar-refractivity contribution in [2.75, 3.05) is 0 Å². The van der Waals surface area contributed by atoms with E-state index in [1.165, 1.54) is 27.8 Å². The Morgan fingerprint density at radius 2 is 1.78 bits per heavy atom. The summed E-state index contributed by atoms with van der Waals surface area (Å²) in [4.78, 5) is 0. The van der Waals surface area contributed by atoms with Gasteiger partial charge in [0, 0.05) is 12.1 Å². The van der Waals surface area contributed by atoms with E-state index in [9.17, 15) is 0 Å². The maximum Gasteiger partial charge on any atom is 0.0124 e. The van der Waals surface area contributed by atoms with E-state index in [2.05, 4.69) is 43.5 Å². The van der Waals surface area contributed by atoms with Gasteiger partial charge in [-0.1, -0.05) is 43.5 Å². The van der Waals surface area contributed by atoms with Gasteiger partial charge in [0.1, 0.15) is 0 Å². The van der Waals surface area contributed by atoms with E-state index in [0.717, 1.165) is 30.5 Å². The first kappa shape index (κ1) is 11.1. The van der Waals surface area contributed by atoms with Crippen molar-refractivity contribution < 1.29 is 0 Å². The normalized spacial score (nSPS) is 17.9. The number of hydrogen-bond acceptors (Lipinski definition) is 1. The maximum atomic E-state index is 6.01. The van der Waals surface area contributed by atoms with E-state index in [-0.39, 0.29) is 0 Å². The van der Waals surface area contributed by atoms with Crippen molar-refractivity contribution in [1.82, 2.24) is 0 Å². The Morgan fingerprint density at radius 3 is 2.61 bits per heavy atom. The van der Waals surface area contributed by atoms with Crippen molar-refractivity contribution in [3.63, 3.8) is 0 Å². The molecule has 0 amide bonds. The number of allylic oxidation sites excluding steroid dienone is 5. The molecule has 90 valence electrons. The standard InChI is InChI=1S/C17H17N/c1-11-4-3-5-13-7-8-14-10-15(18)9-6-12(2)17(14)16(11)13/h3,5,7-9H,1-2,4,6,10,18H2. The molecule has 3 rings (SSSR count). The van der Waals surface area contributed by atoms with Crippen LogP contribution in [0.2, 0.25) is 0 Å². The molecule has 0 aromatic heterocycles. The largest absolute Gasteiger partial charge is 0.402 e. The van der Waals surface area contributed by atoms with Gasteiger partial charge >= 0.3 is 0 Å². The molecule has 0 saturated carbocycles. The highest BCUT2D eigenvalue weighted by Gasteiger charge is 2.20. The molecule has 1 heteroatoms. The Bertz CT molecular complexity index is 615. The van der Waals surface area contributed by atoms with Gasteiger partial charge < -0.3 is 5.73 Å². The topological polar surface area (TPSA) is 26.0 Å². The minimum absolute atomic E-state index is 0.818. The fraction of sp³-hybridized carbons (Fsp3) is 0.176. The second kappa shape index (κ2) is 4.02. The Balaban J connectivity index is 2.28. The van der Waals surface area contributed by atoms with Gasteiger partial charge in [0.15, 0.2) is 0 Å². The van der Waals surface area contributed by atoms with E-state index < -0.39 is 0 Å². The molecular weight excluding hydrogens is 218 g/mol. The molecule has 18 heavy (non-hydrogen) atoms. The molecule has 0 radical (unpaired) electrons. The molecular formula is C17H17N. The summed E-state index contributed by atoms with van der Waals surface area (Å²) in [6.07, 6.45) is 9.02. The highest BCUT2D eigenvalue weighted by molar-refractivity contribution is 5.88. The van der Waals surface area contributed by atoms with Crippen LogP contribution in [0.5, 0.6) is 0 Å². The van der Waals surface area contributed by atoms with Gasteiger partial charge in [-0.3, -0.25) is 0 Å². The lowest BCUT2D eigenvalue weighted by Gasteiger charge is -2.21. The van der Waals surface area contributed by atoms with Gasteiger partial charge in [-0.2, -0.15) is 0 Å². The van der Waals surface area contributed by atoms with Crippen LogP contribution in [-0.4, -0.2) is 0 Å². The molecule has 0 atom stereocenters. The average Bonchev–Trinajstić information content (AvgIpc) is 2.50. The van der Waals surface area contributed by atoms with Crippen molar-refractivity contribution in [2.45, 2.75) is 19.3 Å². The van der Waals surface area contributed by atoms with Crippen LogP contribution in [0.25, 0.3) is 17.2 Å². The van der Waals surface area contributed by atoms with E-state index in [0.29, 0.717) is 0 Å². The average molecular weight is 235 g/mol. The molecule has 0 spiro atoms. The van der Waals surface area contributed by atoms with Gasteiger partial charge in [-0.15, -0.1) is 0 Å². The van der Waals surface area contributed by atoms with Gasteiger partial charge in [0.2, 0.25) is 0 Å². The van der Waals surface area contributed by atoms with Gasteiger partial charge in [-0.25, -0.2) is 0 Å². The fourth-order valence-electron chi connectivity index (χ4n) is 2.81. The van der Waals surface area contributed by atoms with Gasteiger partial charge in [0.25, 0.3) is 0 Å². The Kier molecular flexibility index (Phi) is 2.48. The fourth-order valence-corrected chi connectivity index (χ4v) is 2.81. The predicted octanol–water partition coefficient (Wildman–Crippen LogP) is 3.92. The highest BCUT2D eigenvalue weighted by atomic mass is 14.6. The number of rotatable bonds is 0. The molecule has 1 nitrogen and oxygen atoms in total. The second-order valence-corrected chi connectivity index (χ2v) is 5.04. The highest BCUT2D eigenvalue weighted by Crippen LogP contribution is 2.38. The van der Waals surface area contributed by atoms with Crippen molar-refractivity contribution >= 4 is 17.2 Å². The summed E-state index contributed by atoms with van der Waals surface area (Å²) in [5, 5.41) is 0. The molecule has 0 aliphatic heterocycles. The summed E-state index contributed by atoms with van der Waals surface area (Å²) >= 11 is 0. The van der Waals surface area contributed by atoms with Crippen LogP contribution in [-0.2, 0) is 6.42 Å². The third kappa shape index (κ3) is 1.63. The molecule has 0 saturated heterocycles. The molecule has 0 bridgehead atoms. The summed E-state index contributed by atoms with van der Waals surface area (Å²) in [5.74, 6) is 0. The SMILES string of the molecule is C=C1CC=Cc2ccc3c(c21)C(=C)CC=C(N)C3. The van der Waals surface area contributed by atoms with Gasteiger partial charge in [-0.05, 0) is 46.2 Å². The first-order valence-corrected chi connectivity index (χ1v) is 6.30. The zero-order valence-corrected chi connectivity index (χ0v) is 10.5. The van der Waals surface area contributed by atoms with Crippen LogP contribution in [0.15, 0.2) is 43.1 Å². The first-order valence-electron chi connectivity index (χ1n) is 6.30. The monoisotopic (exact) mass is 235 g/mol. The minimum atomic E-state index is 0.818. The van der Waals surface area contributed by atoms with Crippen LogP contribution in [0.1, 0.15) is 35.1 Å². The maximum absolute atomic E-state index is 6.01. The lowest BCUT2D eigenvalue weighted by Crippen LogP contribution is -2.05. The minimum Gasteiger partial charge on any atom is -0.402 e. The summed E-state index contributed by atoms with van der Waals surface area (Å²) in [5.41, 5.74) is 14.4. The lowest BCUT2D eigenvalue weighted by atomic mass is 9.83. The predicted molar refractivity (Wildman–Crippen MR) is 78.8 cm³/mol. The molecule has 1 aromatic rings. The molecule has 2 aliphatic carbocycles. The van der Waals surface area contributed by atoms with Crippen LogP contribution >= 0.6 is 0 Å². The quantitative estimate of drug-likeness (QED) is 0.724. The lowest BCUT2D eigenvalue weighted by molar-refractivity contribution is 1.10. The van der Waals surface area contributed by atoms with Crippen LogP contribution in [0.4, 0.5) is 0 Å². The van der Waals surface area contributed by atoms with Gasteiger partial charge in [0.05, 0.1) is 0 Å². The summed E-state index contributed by atoms with van der Waals surface area (Å²) in [6, 6.07) is 4.34. The molecule has 0 heterocycles. The Labute approximate surface area is 108 Å². The molecule has 2 N–H and O–H groups in total.